The summed E-state index contributed by atoms with van der Waals surface area (Å²) in [6.45, 7) is 3.64. The standard InChI is InChI=1S/C16H16ClN3O/c1-11-2-4-12(5-3-11)13-6-8-20(9-7-13)14-10-18-19-16(21)15(14)17/h2-6,10H,7-9H2,1H3,(H,19,21). The van der Waals surface area contributed by atoms with Crippen LogP contribution in [0.25, 0.3) is 5.57 Å². The van der Waals surface area contributed by atoms with E-state index in [-0.39, 0.29) is 10.6 Å². The van der Waals surface area contributed by atoms with Gasteiger partial charge in [0.2, 0.25) is 0 Å². The summed E-state index contributed by atoms with van der Waals surface area (Å²) >= 11 is 6.05. The summed E-state index contributed by atoms with van der Waals surface area (Å²) in [5.41, 5.74) is 4.20. The first-order chi connectivity index (χ1) is 10.1. The molecule has 5 heteroatoms. The van der Waals surface area contributed by atoms with Gasteiger partial charge in [0, 0.05) is 13.1 Å². The number of hydrogen-bond donors (Lipinski definition) is 1. The number of rotatable bonds is 2. The van der Waals surface area contributed by atoms with Gasteiger partial charge in [0.15, 0.2) is 0 Å². The number of hydrogen-bond acceptors (Lipinski definition) is 3. The van der Waals surface area contributed by atoms with Gasteiger partial charge in [-0.05, 0) is 24.5 Å². The van der Waals surface area contributed by atoms with Crippen molar-refractivity contribution in [1.82, 2.24) is 10.2 Å². The number of anilines is 1. The smallest absolute Gasteiger partial charge is 0.285 e. The molecule has 1 aromatic heterocycles. The molecule has 3 rings (SSSR count). The van der Waals surface area contributed by atoms with Crippen molar-refractivity contribution in [3.05, 3.63) is 63.0 Å². The maximum Gasteiger partial charge on any atom is 0.285 e. The van der Waals surface area contributed by atoms with Crippen molar-refractivity contribution in [3.63, 3.8) is 0 Å². The Hall–Kier alpha value is -2.07. The van der Waals surface area contributed by atoms with Gasteiger partial charge >= 0.3 is 0 Å². The summed E-state index contributed by atoms with van der Waals surface area (Å²) in [5, 5.41) is 6.37. The fourth-order valence-electron chi connectivity index (χ4n) is 2.51. The Morgan fingerprint density at radius 2 is 2.05 bits per heavy atom. The van der Waals surface area contributed by atoms with Crippen molar-refractivity contribution >= 4 is 22.9 Å². The van der Waals surface area contributed by atoms with E-state index in [2.05, 4.69) is 52.4 Å². The molecule has 0 saturated carbocycles. The SMILES string of the molecule is Cc1ccc(C2=CCN(c3cn[nH]c(=O)c3Cl)CC2)cc1. The van der Waals surface area contributed by atoms with Crippen LogP contribution in [0.5, 0.6) is 0 Å². The van der Waals surface area contributed by atoms with Gasteiger partial charge in [-0.25, -0.2) is 5.10 Å². The molecule has 0 spiro atoms. The van der Waals surface area contributed by atoms with Crippen LogP contribution >= 0.6 is 11.6 Å². The first-order valence-corrected chi connectivity index (χ1v) is 7.27. The van der Waals surface area contributed by atoms with E-state index in [1.54, 1.807) is 6.20 Å². The molecule has 2 aromatic rings. The normalized spacial score (nSPS) is 15.0. The molecular weight excluding hydrogens is 286 g/mol. The zero-order valence-electron chi connectivity index (χ0n) is 11.8. The number of halogens is 1. The van der Waals surface area contributed by atoms with Crippen LogP contribution in [0.3, 0.4) is 0 Å². The summed E-state index contributed by atoms with van der Waals surface area (Å²) < 4.78 is 0. The molecule has 108 valence electrons. The first kappa shape index (κ1) is 13.9. The Morgan fingerprint density at radius 1 is 1.29 bits per heavy atom. The van der Waals surface area contributed by atoms with Gasteiger partial charge in [-0.1, -0.05) is 47.5 Å². The van der Waals surface area contributed by atoms with Crippen LogP contribution < -0.4 is 10.5 Å². The topological polar surface area (TPSA) is 49.0 Å². The molecular formula is C16H16ClN3O. The lowest BCUT2D eigenvalue weighted by molar-refractivity contribution is 0.821. The van der Waals surface area contributed by atoms with Crippen molar-refractivity contribution in [1.29, 1.82) is 0 Å². The molecule has 1 aliphatic rings. The third-order valence-corrected chi connectivity index (χ3v) is 4.11. The lowest BCUT2D eigenvalue weighted by Crippen LogP contribution is -2.30. The minimum atomic E-state index is -0.345. The van der Waals surface area contributed by atoms with E-state index < -0.39 is 0 Å². The fourth-order valence-corrected chi connectivity index (χ4v) is 2.72. The number of nitrogens with zero attached hydrogens (tertiary/aromatic N) is 2. The predicted octanol–water partition coefficient (Wildman–Crippen LogP) is 3.03. The van der Waals surface area contributed by atoms with Gasteiger partial charge in [-0.3, -0.25) is 4.79 Å². The quantitative estimate of drug-likeness (QED) is 0.927. The number of nitrogens with one attached hydrogen (secondary N) is 1. The van der Waals surface area contributed by atoms with E-state index in [1.165, 1.54) is 16.7 Å². The Kier molecular flexibility index (Phi) is 3.80. The highest BCUT2D eigenvalue weighted by atomic mass is 35.5. The second-order valence-corrected chi connectivity index (χ2v) is 5.57. The molecule has 4 nitrogen and oxygen atoms in total. The van der Waals surface area contributed by atoms with Crippen LogP contribution in [-0.4, -0.2) is 23.3 Å². The number of H-pyrrole nitrogens is 1. The molecule has 0 radical (unpaired) electrons. The monoisotopic (exact) mass is 301 g/mol. The highest BCUT2D eigenvalue weighted by Gasteiger charge is 2.17. The Balaban J connectivity index is 1.82. The average Bonchev–Trinajstić information content (AvgIpc) is 2.51. The van der Waals surface area contributed by atoms with Gasteiger partial charge in [0.1, 0.15) is 5.02 Å². The van der Waals surface area contributed by atoms with Gasteiger partial charge in [0.25, 0.3) is 5.56 Å². The van der Waals surface area contributed by atoms with Crippen molar-refractivity contribution in [2.45, 2.75) is 13.3 Å². The highest BCUT2D eigenvalue weighted by Crippen LogP contribution is 2.27. The summed E-state index contributed by atoms with van der Waals surface area (Å²) in [6.07, 6.45) is 4.71. The average molecular weight is 302 g/mol. The molecule has 2 heterocycles. The molecule has 1 aromatic carbocycles. The largest absolute Gasteiger partial charge is 0.365 e. The second-order valence-electron chi connectivity index (χ2n) is 5.19. The van der Waals surface area contributed by atoms with E-state index in [0.29, 0.717) is 5.69 Å². The molecule has 1 aliphatic heterocycles. The number of benzene rings is 1. The molecule has 0 aliphatic carbocycles. The summed E-state index contributed by atoms with van der Waals surface area (Å²) in [4.78, 5) is 13.6. The zero-order valence-corrected chi connectivity index (χ0v) is 12.5. The third-order valence-electron chi connectivity index (χ3n) is 3.75. The summed E-state index contributed by atoms with van der Waals surface area (Å²) in [7, 11) is 0. The van der Waals surface area contributed by atoms with Crippen molar-refractivity contribution < 1.29 is 0 Å². The molecule has 0 amide bonds. The summed E-state index contributed by atoms with van der Waals surface area (Å²) in [6, 6.07) is 8.55. The van der Waals surface area contributed by atoms with E-state index in [4.69, 9.17) is 11.6 Å². The maximum absolute atomic E-state index is 11.5. The molecule has 0 fully saturated rings. The lowest BCUT2D eigenvalue weighted by atomic mass is 9.98. The lowest BCUT2D eigenvalue weighted by Gasteiger charge is -2.28. The zero-order chi connectivity index (χ0) is 14.8. The molecule has 0 unspecified atom stereocenters. The molecule has 1 N–H and O–H groups in total. The Morgan fingerprint density at radius 3 is 2.71 bits per heavy atom. The van der Waals surface area contributed by atoms with E-state index in [1.807, 2.05) is 0 Å². The van der Waals surface area contributed by atoms with Crippen LogP contribution in [0, 0.1) is 6.92 Å². The minimum Gasteiger partial charge on any atom is -0.365 e. The van der Waals surface area contributed by atoms with Crippen LogP contribution in [0.15, 0.2) is 41.3 Å². The Labute approximate surface area is 128 Å². The molecule has 0 bridgehead atoms. The van der Waals surface area contributed by atoms with Crippen LogP contribution in [0.2, 0.25) is 5.02 Å². The first-order valence-electron chi connectivity index (χ1n) is 6.89. The number of aromatic amines is 1. The van der Waals surface area contributed by atoms with Crippen LogP contribution in [0.4, 0.5) is 5.69 Å². The predicted molar refractivity (Wildman–Crippen MR) is 85.9 cm³/mol. The van der Waals surface area contributed by atoms with Gasteiger partial charge in [-0.15, -0.1) is 0 Å². The van der Waals surface area contributed by atoms with Crippen molar-refractivity contribution in [2.24, 2.45) is 0 Å². The van der Waals surface area contributed by atoms with Crippen LogP contribution in [0.1, 0.15) is 17.5 Å². The van der Waals surface area contributed by atoms with Crippen LogP contribution in [-0.2, 0) is 0 Å². The third kappa shape index (κ3) is 2.85. The second kappa shape index (κ2) is 5.74. The summed E-state index contributed by atoms with van der Waals surface area (Å²) in [5.74, 6) is 0. The molecule has 0 atom stereocenters. The fraction of sp³-hybridized carbons (Fsp3) is 0.250. The van der Waals surface area contributed by atoms with Crippen molar-refractivity contribution in [2.75, 3.05) is 18.0 Å². The minimum absolute atomic E-state index is 0.206. The van der Waals surface area contributed by atoms with Gasteiger partial charge in [0.05, 0.1) is 11.9 Å². The van der Waals surface area contributed by atoms with Gasteiger partial charge < -0.3 is 4.90 Å². The number of aryl methyl sites for hydroxylation is 1. The number of aromatic nitrogens is 2. The van der Waals surface area contributed by atoms with Gasteiger partial charge in [-0.2, -0.15) is 5.10 Å². The highest BCUT2D eigenvalue weighted by molar-refractivity contribution is 6.33. The molecule has 0 saturated heterocycles. The molecule has 21 heavy (non-hydrogen) atoms. The maximum atomic E-state index is 11.5. The van der Waals surface area contributed by atoms with E-state index in [9.17, 15) is 4.79 Å². The van der Waals surface area contributed by atoms with E-state index >= 15 is 0 Å². The van der Waals surface area contributed by atoms with Crippen molar-refractivity contribution in [3.8, 4) is 0 Å². The van der Waals surface area contributed by atoms with E-state index in [0.717, 1.165) is 19.5 Å². The Bertz CT molecular complexity index is 734.